The second-order valence-electron chi connectivity index (χ2n) is 18.9. The number of rotatable bonds is 50. The highest BCUT2D eigenvalue weighted by Gasteiger charge is 2.28. The first kappa shape index (κ1) is 59.8. The Kier molecular flexibility index (Phi) is 48.8. The van der Waals surface area contributed by atoms with E-state index in [1.54, 1.807) is 0 Å². The van der Waals surface area contributed by atoms with Crippen molar-refractivity contribution in [2.24, 2.45) is 0 Å². The van der Waals surface area contributed by atoms with Crippen LogP contribution in [-0.2, 0) is 4.79 Å². The summed E-state index contributed by atoms with van der Waals surface area (Å²) in [5.41, 5.74) is 0. The van der Waals surface area contributed by atoms with Gasteiger partial charge in [-0.25, -0.2) is 0 Å². The molecule has 362 valence electrons. The molecule has 0 aliphatic heterocycles. The first-order valence-electron chi connectivity index (χ1n) is 27.2. The van der Waals surface area contributed by atoms with E-state index in [0.717, 1.165) is 38.5 Å². The Labute approximate surface area is 380 Å². The molecule has 4 unspecified atom stereocenters. The fraction of sp³-hybridized carbons (Fsp3) is 0.909. The molecule has 0 aliphatic carbocycles. The lowest BCUT2D eigenvalue weighted by atomic mass is 10.00. The van der Waals surface area contributed by atoms with Gasteiger partial charge in [0, 0.05) is 0 Å². The van der Waals surface area contributed by atoms with Crippen molar-refractivity contribution in [3.8, 4) is 0 Å². The van der Waals surface area contributed by atoms with E-state index in [2.05, 4.69) is 43.5 Å². The molecule has 0 aromatic rings. The zero-order valence-corrected chi connectivity index (χ0v) is 40.9. The molecule has 0 aromatic heterocycles. The summed E-state index contributed by atoms with van der Waals surface area (Å²) in [6.07, 6.45) is 59.6. The molecular formula is C55H107NO5. The van der Waals surface area contributed by atoms with Crippen LogP contribution in [0, 0.1) is 0 Å². The van der Waals surface area contributed by atoms with Crippen molar-refractivity contribution in [2.75, 3.05) is 6.61 Å². The van der Waals surface area contributed by atoms with Crippen LogP contribution in [0.2, 0.25) is 0 Å². The quantitative estimate of drug-likeness (QED) is 0.0309. The first-order valence-corrected chi connectivity index (χ1v) is 27.2. The topological polar surface area (TPSA) is 110 Å². The van der Waals surface area contributed by atoms with Crippen LogP contribution in [-0.4, -0.2) is 57.3 Å². The zero-order valence-electron chi connectivity index (χ0n) is 40.9. The zero-order chi connectivity index (χ0) is 44.5. The fourth-order valence-corrected chi connectivity index (χ4v) is 8.60. The molecule has 0 aromatic carbocycles. The van der Waals surface area contributed by atoms with Gasteiger partial charge in [-0.1, -0.05) is 263 Å². The third-order valence-corrected chi connectivity index (χ3v) is 12.9. The minimum absolute atomic E-state index is 0.364. The van der Waals surface area contributed by atoms with E-state index in [4.69, 9.17) is 0 Å². The van der Waals surface area contributed by atoms with Crippen LogP contribution in [0.3, 0.4) is 0 Å². The molecule has 0 saturated carbocycles. The number of hydrogen-bond donors (Lipinski definition) is 5. The van der Waals surface area contributed by atoms with E-state index >= 15 is 0 Å². The molecule has 0 heterocycles. The first-order chi connectivity index (χ1) is 30.0. The fourth-order valence-electron chi connectivity index (χ4n) is 8.60. The van der Waals surface area contributed by atoms with Crippen molar-refractivity contribution in [3.05, 3.63) is 24.3 Å². The van der Waals surface area contributed by atoms with Crippen molar-refractivity contribution in [1.29, 1.82) is 0 Å². The largest absolute Gasteiger partial charge is 0.394 e. The Bertz CT molecular complexity index is 924. The predicted octanol–water partition coefficient (Wildman–Crippen LogP) is 15.5. The maximum absolute atomic E-state index is 12.6. The van der Waals surface area contributed by atoms with Gasteiger partial charge < -0.3 is 25.7 Å². The minimum Gasteiger partial charge on any atom is -0.394 e. The van der Waals surface area contributed by atoms with Gasteiger partial charge in [-0.2, -0.15) is 0 Å². The molecule has 0 saturated heterocycles. The summed E-state index contributed by atoms with van der Waals surface area (Å²) in [4.78, 5) is 12.6. The molecule has 0 radical (unpaired) electrons. The van der Waals surface area contributed by atoms with Crippen molar-refractivity contribution in [1.82, 2.24) is 5.32 Å². The average Bonchev–Trinajstić information content (AvgIpc) is 3.26. The number of carbonyl (C=O) groups is 1. The lowest BCUT2D eigenvalue weighted by Gasteiger charge is -2.27. The predicted molar refractivity (Wildman–Crippen MR) is 265 cm³/mol. The maximum Gasteiger partial charge on any atom is 0.249 e. The van der Waals surface area contributed by atoms with Crippen LogP contribution in [0.25, 0.3) is 0 Å². The van der Waals surface area contributed by atoms with E-state index in [1.165, 1.54) is 218 Å². The SMILES string of the molecule is CCCCCCCCCCCCCCCCCC/C=C/CC/C=C/CCCC(O)C(O)C(CO)NC(=O)C(O)CCCCCCCCCCCCCCCCCCCCCC. The van der Waals surface area contributed by atoms with Gasteiger partial charge in [0.05, 0.1) is 18.8 Å². The maximum atomic E-state index is 12.6. The number of nitrogens with one attached hydrogen (secondary N) is 1. The van der Waals surface area contributed by atoms with Crippen LogP contribution < -0.4 is 5.32 Å². The molecule has 4 atom stereocenters. The number of aliphatic hydroxyl groups is 4. The number of aliphatic hydroxyl groups excluding tert-OH is 4. The summed E-state index contributed by atoms with van der Waals surface area (Å²) in [5.74, 6) is -0.592. The Morgan fingerprint density at radius 2 is 0.689 bits per heavy atom. The molecular weight excluding hydrogens is 755 g/mol. The molecule has 0 aliphatic rings. The number of hydrogen-bond acceptors (Lipinski definition) is 5. The Hall–Kier alpha value is -1.21. The summed E-state index contributed by atoms with van der Waals surface area (Å²) in [6, 6.07) is -1.01. The van der Waals surface area contributed by atoms with E-state index < -0.39 is 36.9 Å². The van der Waals surface area contributed by atoms with E-state index in [-0.39, 0.29) is 0 Å². The second kappa shape index (κ2) is 49.8. The van der Waals surface area contributed by atoms with Gasteiger partial charge in [0.25, 0.3) is 0 Å². The molecule has 0 fully saturated rings. The van der Waals surface area contributed by atoms with Crippen molar-refractivity contribution in [2.45, 2.75) is 314 Å². The average molecular weight is 862 g/mol. The van der Waals surface area contributed by atoms with E-state index in [1.807, 2.05) is 0 Å². The number of amides is 1. The monoisotopic (exact) mass is 862 g/mol. The minimum atomic E-state index is -1.29. The van der Waals surface area contributed by atoms with Crippen LogP contribution in [0.4, 0.5) is 0 Å². The molecule has 61 heavy (non-hydrogen) atoms. The van der Waals surface area contributed by atoms with Gasteiger partial charge in [-0.05, 0) is 51.4 Å². The van der Waals surface area contributed by atoms with Crippen molar-refractivity contribution in [3.63, 3.8) is 0 Å². The summed E-state index contributed by atoms with van der Waals surface area (Å²) < 4.78 is 0. The molecule has 0 rings (SSSR count). The summed E-state index contributed by atoms with van der Waals surface area (Å²) >= 11 is 0. The van der Waals surface area contributed by atoms with Crippen LogP contribution in [0.5, 0.6) is 0 Å². The van der Waals surface area contributed by atoms with Crippen LogP contribution in [0.1, 0.15) is 290 Å². The smallest absolute Gasteiger partial charge is 0.249 e. The lowest BCUT2D eigenvalue weighted by Crippen LogP contribution is -2.53. The lowest BCUT2D eigenvalue weighted by molar-refractivity contribution is -0.132. The van der Waals surface area contributed by atoms with Crippen molar-refractivity contribution < 1.29 is 25.2 Å². The Morgan fingerprint density at radius 3 is 1.03 bits per heavy atom. The van der Waals surface area contributed by atoms with Crippen LogP contribution >= 0.6 is 0 Å². The number of allylic oxidation sites excluding steroid dienone is 4. The standard InChI is InChI=1S/C55H107NO5/c1-3-5-7-9-11-13-15-17-19-21-23-25-26-27-28-29-31-32-34-36-38-40-42-44-46-48-52(58)54(60)51(50-57)56-55(61)53(59)49-47-45-43-41-39-37-35-33-30-24-22-20-18-16-14-12-10-8-6-4-2/h32,34,40,42,51-54,57-60H,3-31,33,35-39,41,43-50H2,1-2H3,(H,56,61)/b34-32+,42-40+. The Morgan fingerprint density at radius 1 is 0.393 bits per heavy atom. The van der Waals surface area contributed by atoms with Gasteiger partial charge in [0.1, 0.15) is 12.2 Å². The normalized spacial score (nSPS) is 14.0. The third-order valence-electron chi connectivity index (χ3n) is 12.9. The number of unbranched alkanes of at least 4 members (excludes halogenated alkanes) is 37. The molecule has 5 N–H and O–H groups in total. The number of carbonyl (C=O) groups excluding carboxylic acids is 1. The second-order valence-corrected chi connectivity index (χ2v) is 18.9. The highest BCUT2D eigenvalue weighted by Crippen LogP contribution is 2.17. The third kappa shape index (κ3) is 43.8. The van der Waals surface area contributed by atoms with Crippen LogP contribution in [0.15, 0.2) is 24.3 Å². The van der Waals surface area contributed by atoms with E-state index in [0.29, 0.717) is 19.3 Å². The summed E-state index contributed by atoms with van der Waals surface area (Å²) in [7, 11) is 0. The molecule has 1 amide bonds. The van der Waals surface area contributed by atoms with Gasteiger partial charge >= 0.3 is 0 Å². The summed E-state index contributed by atoms with van der Waals surface area (Å²) in [5, 5.41) is 43.9. The van der Waals surface area contributed by atoms with Gasteiger partial charge in [0.15, 0.2) is 0 Å². The van der Waals surface area contributed by atoms with E-state index in [9.17, 15) is 25.2 Å². The van der Waals surface area contributed by atoms with Gasteiger partial charge in [-0.15, -0.1) is 0 Å². The molecule has 0 bridgehead atoms. The summed E-state index contributed by atoms with van der Waals surface area (Å²) in [6.45, 7) is 4.07. The van der Waals surface area contributed by atoms with Crippen molar-refractivity contribution >= 4 is 5.91 Å². The molecule has 6 nitrogen and oxygen atoms in total. The Balaban J connectivity index is 3.69. The van der Waals surface area contributed by atoms with Gasteiger partial charge in [-0.3, -0.25) is 4.79 Å². The highest BCUT2D eigenvalue weighted by molar-refractivity contribution is 5.80. The molecule has 6 heteroatoms. The van der Waals surface area contributed by atoms with Gasteiger partial charge in [0.2, 0.25) is 5.91 Å². The molecule has 0 spiro atoms. The highest BCUT2D eigenvalue weighted by atomic mass is 16.3.